The number of nitrogens with zero attached hydrogens (tertiary/aromatic N) is 1. The number of thioether (sulfide) groups is 2. The number of carbonyl (C=O) groups is 1. The van der Waals surface area contributed by atoms with Crippen molar-refractivity contribution >= 4 is 35.1 Å². The first-order chi connectivity index (χ1) is 11.9. The van der Waals surface area contributed by atoms with E-state index in [9.17, 15) is 4.79 Å². The molecule has 2 atom stereocenters. The first-order valence-electron chi connectivity index (χ1n) is 9.12. The van der Waals surface area contributed by atoms with Crippen LogP contribution in [-0.2, 0) is 0 Å². The van der Waals surface area contributed by atoms with E-state index >= 15 is 0 Å². The van der Waals surface area contributed by atoms with Gasteiger partial charge in [-0.3, -0.25) is 4.79 Å². The van der Waals surface area contributed by atoms with Crippen LogP contribution >= 0.6 is 23.5 Å². The third-order valence-corrected chi connectivity index (χ3v) is 9.98. The smallest absolute Gasteiger partial charge is 0.267 e. The van der Waals surface area contributed by atoms with Crippen molar-refractivity contribution in [2.24, 2.45) is 21.8 Å². The molecule has 134 valence electrons. The molecule has 2 bridgehead atoms. The van der Waals surface area contributed by atoms with Crippen LogP contribution in [0, 0.1) is 16.7 Å². The molecular formula is C20H26N2OS2. The quantitative estimate of drug-likeness (QED) is 0.749. The van der Waals surface area contributed by atoms with Crippen molar-refractivity contribution in [3.8, 4) is 0 Å². The molecule has 2 saturated carbocycles. The lowest BCUT2D eigenvalue weighted by atomic mass is 9.70. The Kier molecular flexibility index (Phi) is 4.43. The largest absolute Gasteiger partial charge is 0.271 e. The summed E-state index contributed by atoms with van der Waals surface area (Å²) in [6.45, 7) is 7.02. The predicted octanol–water partition coefficient (Wildman–Crippen LogP) is 5.10. The lowest BCUT2D eigenvalue weighted by molar-refractivity contribution is 0.0954. The van der Waals surface area contributed by atoms with Gasteiger partial charge < -0.3 is 0 Å². The number of nitrogens with one attached hydrogen (secondary N) is 1. The molecule has 1 aromatic rings. The minimum atomic E-state index is -0.102. The van der Waals surface area contributed by atoms with Gasteiger partial charge in [0.05, 0.1) is 4.58 Å². The van der Waals surface area contributed by atoms with Gasteiger partial charge in [-0.1, -0.05) is 32.9 Å². The molecule has 0 radical (unpaired) electrons. The fourth-order valence-corrected chi connectivity index (χ4v) is 7.48. The van der Waals surface area contributed by atoms with Crippen LogP contribution in [-0.4, -0.2) is 23.1 Å². The highest BCUT2D eigenvalue weighted by Crippen LogP contribution is 2.63. The molecule has 4 rings (SSSR count). The van der Waals surface area contributed by atoms with Crippen LogP contribution in [0.25, 0.3) is 0 Å². The summed E-state index contributed by atoms with van der Waals surface area (Å²) in [6, 6.07) is 8.02. The Morgan fingerprint density at radius 3 is 2.40 bits per heavy atom. The third kappa shape index (κ3) is 2.84. The summed E-state index contributed by atoms with van der Waals surface area (Å²) >= 11 is 3.97. The van der Waals surface area contributed by atoms with Crippen LogP contribution in [0.2, 0.25) is 0 Å². The van der Waals surface area contributed by atoms with Gasteiger partial charge in [0.1, 0.15) is 0 Å². The van der Waals surface area contributed by atoms with Crippen molar-refractivity contribution in [3.63, 3.8) is 0 Å². The van der Waals surface area contributed by atoms with Crippen LogP contribution < -0.4 is 5.43 Å². The monoisotopic (exact) mass is 374 g/mol. The number of hydrogen-bond acceptors (Lipinski definition) is 4. The fourth-order valence-electron chi connectivity index (χ4n) is 4.62. The SMILES string of the molecule is CC1(C)[C@@H]2CC[C@]1(C)/C(=N/NC(=O)c1ccc(C3SCCS3)cc1)C2. The topological polar surface area (TPSA) is 41.5 Å². The Labute approximate surface area is 158 Å². The number of hydrazone groups is 1. The molecule has 3 nitrogen and oxygen atoms in total. The normalized spacial score (nSPS) is 32.4. The average molecular weight is 375 g/mol. The first-order valence-corrected chi connectivity index (χ1v) is 11.2. The van der Waals surface area contributed by atoms with Gasteiger partial charge in [-0.25, -0.2) is 5.43 Å². The first kappa shape index (κ1) is 17.5. The van der Waals surface area contributed by atoms with Crippen molar-refractivity contribution in [2.45, 2.75) is 44.6 Å². The number of amides is 1. The van der Waals surface area contributed by atoms with E-state index in [1.807, 2.05) is 35.7 Å². The van der Waals surface area contributed by atoms with Crippen molar-refractivity contribution in [1.29, 1.82) is 0 Å². The molecule has 1 aliphatic heterocycles. The fraction of sp³-hybridized carbons (Fsp3) is 0.600. The van der Waals surface area contributed by atoms with E-state index < -0.39 is 0 Å². The van der Waals surface area contributed by atoms with E-state index in [1.165, 1.54) is 35.6 Å². The number of hydrogen-bond donors (Lipinski definition) is 1. The molecule has 5 heteroatoms. The summed E-state index contributed by atoms with van der Waals surface area (Å²) in [5.41, 5.74) is 6.40. The maximum atomic E-state index is 12.5. The summed E-state index contributed by atoms with van der Waals surface area (Å²) < 4.78 is 0.522. The summed E-state index contributed by atoms with van der Waals surface area (Å²) in [6.07, 6.45) is 3.50. The highest BCUT2D eigenvalue weighted by molar-refractivity contribution is 8.19. The maximum absolute atomic E-state index is 12.5. The minimum absolute atomic E-state index is 0.102. The molecule has 25 heavy (non-hydrogen) atoms. The predicted molar refractivity (Wildman–Crippen MR) is 108 cm³/mol. The van der Waals surface area contributed by atoms with Crippen molar-refractivity contribution < 1.29 is 4.79 Å². The lowest BCUT2D eigenvalue weighted by Crippen LogP contribution is -2.34. The highest BCUT2D eigenvalue weighted by Gasteiger charge is 2.60. The summed E-state index contributed by atoms with van der Waals surface area (Å²) in [4.78, 5) is 12.5. The van der Waals surface area contributed by atoms with Crippen LogP contribution in [0.5, 0.6) is 0 Å². The Morgan fingerprint density at radius 2 is 1.84 bits per heavy atom. The molecule has 0 unspecified atom stereocenters. The highest BCUT2D eigenvalue weighted by atomic mass is 32.2. The van der Waals surface area contributed by atoms with Gasteiger partial charge in [0, 0.05) is 28.2 Å². The molecule has 1 amide bonds. The van der Waals surface area contributed by atoms with Gasteiger partial charge in [-0.2, -0.15) is 5.10 Å². The molecule has 2 aliphatic carbocycles. The third-order valence-electron chi connectivity index (χ3n) is 6.87. The lowest BCUT2D eigenvalue weighted by Gasteiger charge is -2.34. The van der Waals surface area contributed by atoms with Gasteiger partial charge in [0.15, 0.2) is 0 Å². The Bertz CT molecular complexity index is 707. The van der Waals surface area contributed by atoms with Crippen molar-refractivity contribution in [1.82, 2.24) is 5.43 Å². The number of rotatable bonds is 3. The van der Waals surface area contributed by atoms with E-state index in [0.717, 1.165) is 6.42 Å². The number of benzene rings is 1. The van der Waals surface area contributed by atoms with E-state index in [2.05, 4.69) is 43.4 Å². The van der Waals surface area contributed by atoms with Gasteiger partial charge in [-0.15, -0.1) is 23.5 Å². The maximum Gasteiger partial charge on any atom is 0.271 e. The van der Waals surface area contributed by atoms with Crippen LogP contribution in [0.15, 0.2) is 29.4 Å². The summed E-state index contributed by atoms with van der Waals surface area (Å²) in [5, 5.41) is 4.56. The van der Waals surface area contributed by atoms with E-state index in [4.69, 9.17) is 0 Å². The standard InChI is InChI=1S/C20H26N2OS2/c1-19(2)15-8-9-20(19,3)16(12-15)21-22-17(23)13-4-6-14(7-5-13)18-24-10-11-25-18/h4-7,15,18H,8-12H2,1-3H3,(H,22,23)/b21-16+/t15-,20-/m1/s1. The van der Waals surface area contributed by atoms with Crippen LogP contribution in [0.3, 0.4) is 0 Å². The molecule has 3 fully saturated rings. The molecule has 0 aromatic heterocycles. The van der Waals surface area contributed by atoms with E-state index in [1.54, 1.807) is 0 Å². The Balaban J connectivity index is 1.44. The van der Waals surface area contributed by atoms with Crippen molar-refractivity contribution in [2.75, 3.05) is 11.5 Å². The van der Waals surface area contributed by atoms with E-state index in [-0.39, 0.29) is 16.7 Å². The molecular weight excluding hydrogens is 348 g/mol. The van der Waals surface area contributed by atoms with Gasteiger partial charge in [0.2, 0.25) is 0 Å². The van der Waals surface area contributed by atoms with Gasteiger partial charge in [0.25, 0.3) is 5.91 Å². The molecule has 1 aromatic carbocycles. The van der Waals surface area contributed by atoms with Crippen LogP contribution in [0.1, 0.15) is 60.5 Å². The molecule has 1 N–H and O–H groups in total. The average Bonchev–Trinajstić information content (AvgIpc) is 3.26. The number of fused-ring (bicyclic) bond motifs is 2. The molecule has 3 aliphatic rings. The second kappa shape index (κ2) is 6.34. The second-order valence-electron chi connectivity index (χ2n) is 8.19. The summed E-state index contributed by atoms with van der Waals surface area (Å²) in [5.74, 6) is 3.03. The van der Waals surface area contributed by atoms with Crippen molar-refractivity contribution in [3.05, 3.63) is 35.4 Å². The summed E-state index contributed by atoms with van der Waals surface area (Å²) in [7, 11) is 0. The zero-order valence-corrected chi connectivity index (χ0v) is 16.8. The zero-order chi connectivity index (χ0) is 17.7. The molecule has 0 spiro atoms. The second-order valence-corrected chi connectivity index (χ2v) is 10.9. The zero-order valence-electron chi connectivity index (χ0n) is 15.2. The van der Waals surface area contributed by atoms with Gasteiger partial charge >= 0.3 is 0 Å². The van der Waals surface area contributed by atoms with E-state index in [0.29, 0.717) is 16.1 Å². The number of carbonyl (C=O) groups excluding carboxylic acids is 1. The molecule has 1 saturated heterocycles. The minimum Gasteiger partial charge on any atom is -0.267 e. The Hall–Kier alpha value is -0.940. The Morgan fingerprint density at radius 1 is 1.16 bits per heavy atom. The van der Waals surface area contributed by atoms with Gasteiger partial charge in [-0.05, 0) is 48.3 Å². The van der Waals surface area contributed by atoms with Crippen LogP contribution in [0.4, 0.5) is 0 Å². The molecule has 1 heterocycles.